The van der Waals surface area contributed by atoms with Gasteiger partial charge < -0.3 is 11.1 Å². The van der Waals surface area contributed by atoms with E-state index in [4.69, 9.17) is 5.73 Å². The molecular weight excluding hydrogens is 190 g/mol. The Labute approximate surface area is 88.9 Å². The number of rotatable bonds is 3. The van der Waals surface area contributed by atoms with E-state index in [2.05, 4.69) is 10.3 Å². The molecule has 1 fully saturated rings. The highest BCUT2D eigenvalue weighted by atomic mass is 16.1. The minimum atomic E-state index is -0.119. The molecule has 80 valence electrons. The van der Waals surface area contributed by atoms with Gasteiger partial charge in [0.1, 0.15) is 0 Å². The third-order valence-corrected chi connectivity index (χ3v) is 2.57. The van der Waals surface area contributed by atoms with Crippen molar-refractivity contribution >= 4 is 11.6 Å². The van der Waals surface area contributed by atoms with Crippen LogP contribution in [0.1, 0.15) is 28.9 Å². The van der Waals surface area contributed by atoms with Gasteiger partial charge in [0, 0.05) is 24.1 Å². The molecule has 0 bridgehead atoms. The molecule has 15 heavy (non-hydrogen) atoms. The topological polar surface area (TPSA) is 68.0 Å². The largest absolute Gasteiger partial charge is 0.398 e. The van der Waals surface area contributed by atoms with Crippen LogP contribution in [0.3, 0.4) is 0 Å². The van der Waals surface area contributed by atoms with Crippen LogP contribution in [0, 0.1) is 12.8 Å². The van der Waals surface area contributed by atoms with E-state index < -0.39 is 0 Å². The van der Waals surface area contributed by atoms with E-state index in [1.165, 1.54) is 19.0 Å². The molecule has 3 N–H and O–H groups in total. The average Bonchev–Trinajstić information content (AvgIpc) is 2.97. The molecule has 1 heterocycles. The summed E-state index contributed by atoms with van der Waals surface area (Å²) in [5.41, 5.74) is 7.54. The summed E-state index contributed by atoms with van der Waals surface area (Å²) in [7, 11) is 0. The summed E-state index contributed by atoms with van der Waals surface area (Å²) in [5.74, 6) is 0.556. The van der Waals surface area contributed by atoms with Gasteiger partial charge in [-0.1, -0.05) is 0 Å². The van der Waals surface area contributed by atoms with Gasteiger partial charge in [-0.25, -0.2) is 0 Å². The van der Waals surface area contributed by atoms with Crippen molar-refractivity contribution in [2.75, 3.05) is 12.3 Å². The van der Waals surface area contributed by atoms with E-state index in [9.17, 15) is 4.79 Å². The van der Waals surface area contributed by atoms with Crippen molar-refractivity contribution in [3.8, 4) is 0 Å². The lowest BCUT2D eigenvalue weighted by Crippen LogP contribution is -2.26. The second-order valence-electron chi connectivity index (χ2n) is 4.07. The third-order valence-electron chi connectivity index (χ3n) is 2.57. The summed E-state index contributed by atoms with van der Waals surface area (Å²) in [4.78, 5) is 15.7. The number of aromatic nitrogens is 1. The lowest BCUT2D eigenvalue weighted by molar-refractivity contribution is 0.0952. The van der Waals surface area contributed by atoms with Gasteiger partial charge in [0.05, 0.1) is 5.56 Å². The molecule has 0 spiro atoms. The van der Waals surface area contributed by atoms with Gasteiger partial charge >= 0.3 is 0 Å². The first-order chi connectivity index (χ1) is 7.16. The number of carbonyl (C=O) groups is 1. The Bertz CT molecular complexity index is 385. The molecule has 0 unspecified atom stereocenters. The normalized spacial score (nSPS) is 15.0. The first-order valence-corrected chi connectivity index (χ1v) is 5.17. The predicted octanol–water partition coefficient (Wildman–Crippen LogP) is 1.11. The molecule has 0 atom stereocenters. The summed E-state index contributed by atoms with van der Waals surface area (Å²) in [6, 6.07) is 1.71. The van der Waals surface area contributed by atoms with Crippen molar-refractivity contribution in [2.45, 2.75) is 19.8 Å². The van der Waals surface area contributed by atoms with Gasteiger partial charge in [-0.3, -0.25) is 9.78 Å². The van der Waals surface area contributed by atoms with Crippen LogP contribution in [-0.4, -0.2) is 17.4 Å². The zero-order chi connectivity index (χ0) is 10.8. The van der Waals surface area contributed by atoms with Crippen LogP contribution < -0.4 is 11.1 Å². The molecule has 4 nitrogen and oxygen atoms in total. The van der Waals surface area contributed by atoms with Crippen LogP contribution in [0.4, 0.5) is 5.69 Å². The Morgan fingerprint density at radius 2 is 2.40 bits per heavy atom. The smallest absolute Gasteiger partial charge is 0.254 e. The highest BCUT2D eigenvalue weighted by Crippen LogP contribution is 2.27. The van der Waals surface area contributed by atoms with E-state index in [1.807, 2.05) is 6.92 Å². The van der Waals surface area contributed by atoms with Crippen molar-refractivity contribution in [3.63, 3.8) is 0 Å². The highest BCUT2D eigenvalue weighted by molar-refractivity contribution is 5.98. The van der Waals surface area contributed by atoms with Crippen LogP contribution in [0.5, 0.6) is 0 Å². The van der Waals surface area contributed by atoms with E-state index in [1.54, 1.807) is 6.07 Å². The molecule has 1 saturated carbocycles. The summed E-state index contributed by atoms with van der Waals surface area (Å²) in [5, 5.41) is 2.86. The van der Waals surface area contributed by atoms with Gasteiger partial charge in [-0.2, -0.15) is 0 Å². The van der Waals surface area contributed by atoms with Crippen molar-refractivity contribution in [2.24, 2.45) is 5.92 Å². The van der Waals surface area contributed by atoms with Gasteiger partial charge in [0.25, 0.3) is 5.91 Å². The van der Waals surface area contributed by atoms with Crippen LogP contribution in [-0.2, 0) is 0 Å². The zero-order valence-corrected chi connectivity index (χ0v) is 8.79. The molecule has 1 aromatic rings. The molecule has 2 rings (SSSR count). The lowest BCUT2D eigenvalue weighted by atomic mass is 10.2. The Balaban J connectivity index is 2.03. The number of hydrogen-bond donors (Lipinski definition) is 2. The summed E-state index contributed by atoms with van der Waals surface area (Å²) >= 11 is 0. The second-order valence-corrected chi connectivity index (χ2v) is 4.07. The van der Waals surface area contributed by atoms with Crippen LogP contribution in [0.2, 0.25) is 0 Å². The van der Waals surface area contributed by atoms with Crippen LogP contribution in [0.25, 0.3) is 0 Å². The van der Waals surface area contributed by atoms with Crippen molar-refractivity contribution < 1.29 is 4.79 Å². The number of carbonyl (C=O) groups excluding carboxylic acids is 1. The maximum Gasteiger partial charge on any atom is 0.254 e. The Morgan fingerprint density at radius 1 is 1.67 bits per heavy atom. The molecule has 4 heteroatoms. The maximum absolute atomic E-state index is 11.7. The molecule has 0 saturated heterocycles. The van der Waals surface area contributed by atoms with Gasteiger partial charge in [-0.15, -0.1) is 0 Å². The lowest BCUT2D eigenvalue weighted by Gasteiger charge is -2.06. The first kappa shape index (κ1) is 9.96. The molecule has 1 aliphatic carbocycles. The number of nitrogens with zero attached hydrogens (tertiary/aromatic N) is 1. The molecule has 1 aromatic heterocycles. The number of nitrogens with one attached hydrogen (secondary N) is 1. The van der Waals surface area contributed by atoms with Gasteiger partial charge in [0.2, 0.25) is 0 Å². The molecule has 0 aliphatic heterocycles. The number of anilines is 1. The fraction of sp³-hybridized carbons (Fsp3) is 0.455. The molecular formula is C11H15N3O. The van der Waals surface area contributed by atoms with Crippen molar-refractivity contribution in [1.82, 2.24) is 10.3 Å². The highest BCUT2D eigenvalue weighted by Gasteiger charge is 2.22. The summed E-state index contributed by atoms with van der Waals surface area (Å²) < 4.78 is 0. The van der Waals surface area contributed by atoms with E-state index >= 15 is 0 Å². The number of aryl methyl sites for hydroxylation is 1. The summed E-state index contributed by atoms with van der Waals surface area (Å²) in [6.45, 7) is 2.61. The van der Waals surface area contributed by atoms with Crippen molar-refractivity contribution in [3.05, 3.63) is 23.5 Å². The number of nitrogen functional groups attached to an aromatic ring is 1. The van der Waals surface area contributed by atoms with Crippen molar-refractivity contribution in [1.29, 1.82) is 0 Å². The second kappa shape index (κ2) is 3.88. The monoisotopic (exact) mass is 205 g/mol. The maximum atomic E-state index is 11.7. The first-order valence-electron chi connectivity index (χ1n) is 5.17. The Kier molecular flexibility index (Phi) is 2.58. The minimum Gasteiger partial charge on any atom is -0.398 e. The fourth-order valence-corrected chi connectivity index (χ4v) is 1.42. The fourth-order valence-electron chi connectivity index (χ4n) is 1.42. The number of amides is 1. The number of pyridine rings is 1. The SMILES string of the molecule is Cc1cc(N)c(C(=O)NCC2CC2)cn1. The zero-order valence-electron chi connectivity index (χ0n) is 8.79. The third kappa shape index (κ3) is 2.46. The Morgan fingerprint density at radius 3 is 3.00 bits per heavy atom. The number of hydrogen-bond acceptors (Lipinski definition) is 3. The minimum absolute atomic E-state index is 0.119. The molecule has 1 amide bonds. The van der Waals surface area contributed by atoms with Gasteiger partial charge in [-0.05, 0) is 31.7 Å². The van der Waals surface area contributed by atoms with Gasteiger partial charge in [0.15, 0.2) is 0 Å². The molecule has 0 radical (unpaired) electrons. The predicted molar refractivity (Wildman–Crippen MR) is 58.4 cm³/mol. The number of nitrogens with two attached hydrogens (primary N) is 1. The quantitative estimate of drug-likeness (QED) is 0.776. The van der Waals surface area contributed by atoms with E-state index in [0.717, 1.165) is 12.2 Å². The molecule has 1 aliphatic rings. The molecule has 0 aromatic carbocycles. The Hall–Kier alpha value is -1.58. The van der Waals surface area contributed by atoms with E-state index in [0.29, 0.717) is 17.2 Å². The average molecular weight is 205 g/mol. The van der Waals surface area contributed by atoms with Crippen LogP contribution >= 0.6 is 0 Å². The summed E-state index contributed by atoms with van der Waals surface area (Å²) in [6.07, 6.45) is 3.98. The van der Waals surface area contributed by atoms with E-state index in [-0.39, 0.29) is 5.91 Å². The van der Waals surface area contributed by atoms with Crippen LogP contribution in [0.15, 0.2) is 12.3 Å². The standard InChI is InChI=1S/C11H15N3O/c1-7-4-10(12)9(6-13-7)11(15)14-5-8-2-3-8/h4,6,8H,2-3,5H2,1H3,(H2,12,13)(H,14,15).